The van der Waals surface area contributed by atoms with Crippen molar-refractivity contribution in [3.63, 3.8) is 0 Å². The van der Waals surface area contributed by atoms with E-state index in [4.69, 9.17) is 16.3 Å². The van der Waals surface area contributed by atoms with Crippen LogP contribution in [0, 0.1) is 6.92 Å². The van der Waals surface area contributed by atoms with Crippen LogP contribution in [0.4, 0.5) is 0 Å². The van der Waals surface area contributed by atoms with Crippen LogP contribution in [0.15, 0.2) is 53.4 Å². The van der Waals surface area contributed by atoms with Crippen LogP contribution in [0.2, 0.25) is 5.02 Å². The lowest BCUT2D eigenvalue weighted by Crippen LogP contribution is -2.35. The van der Waals surface area contributed by atoms with E-state index >= 15 is 0 Å². The molecule has 0 aliphatic heterocycles. The number of halogens is 1. The Morgan fingerprint density at radius 2 is 1.71 bits per heavy atom. The molecule has 0 saturated heterocycles. The van der Waals surface area contributed by atoms with Crippen molar-refractivity contribution in [3.05, 3.63) is 64.7 Å². The molecule has 0 heterocycles. The Balaban J connectivity index is 2.35. The second-order valence-electron chi connectivity index (χ2n) is 5.17. The molecular formula is C17H18ClNO4S. The monoisotopic (exact) mass is 367 g/mol. The molecule has 0 saturated carbocycles. The Morgan fingerprint density at radius 1 is 1.12 bits per heavy atom. The predicted octanol–water partition coefficient (Wildman–Crippen LogP) is 3.23. The van der Waals surface area contributed by atoms with Gasteiger partial charge in [0.2, 0.25) is 10.0 Å². The molecule has 1 N–H and O–H groups in total. The van der Waals surface area contributed by atoms with E-state index in [1.165, 1.54) is 12.1 Å². The molecule has 0 unspecified atom stereocenters. The third-order valence-electron chi connectivity index (χ3n) is 3.33. The lowest BCUT2D eigenvalue weighted by molar-refractivity contribution is -0.145. The van der Waals surface area contributed by atoms with Gasteiger partial charge in [-0.05, 0) is 43.7 Å². The largest absolute Gasteiger partial charge is 0.465 e. The molecule has 24 heavy (non-hydrogen) atoms. The molecule has 1 atom stereocenters. The zero-order chi connectivity index (χ0) is 17.7. The number of rotatable bonds is 6. The van der Waals surface area contributed by atoms with Crippen LogP contribution in [-0.2, 0) is 19.6 Å². The summed E-state index contributed by atoms with van der Waals surface area (Å²) >= 11 is 5.85. The topological polar surface area (TPSA) is 72.5 Å². The fourth-order valence-corrected chi connectivity index (χ4v) is 3.37. The third-order valence-corrected chi connectivity index (χ3v) is 5.02. The summed E-state index contributed by atoms with van der Waals surface area (Å²) in [7, 11) is -3.88. The fourth-order valence-electron chi connectivity index (χ4n) is 2.07. The Hall–Kier alpha value is -1.89. The van der Waals surface area contributed by atoms with Crippen LogP contribution < -0.4 is 4.72 Å². The molecule has 5 nitrogen and oxygen atoms in total. The average molecular weight is 368 g/mol. The lowest BCUT2D eigenvalue weighted by Gasteiger charge is -2.18. The molecule has 0 spiro atoms. The van der Waals surface area contributed by atoms with Crippen molar-refractivity contribution in [3.8, 4) is 0 Å². The number of hydrogen-bond acceptors (Lipinski definition) is 4. The highest BCUT2D eigenvalue weighted by Crippen LogP contribution is 2.21. The number of benzene rings is 2. The molecule has 7 heteroatoms. The molecule has 0 radical (unpaired) electrons. The Kier molecular flexibility index (Phi) is 5.99. The van der Waals surface area contributed by atoms with Crippen LogP contribution in [0.5, 0.6) is 0 Å². The highest BCUT2D eigenvalue weighted by molar-refractivity contribution is 7.89. The second-order valence-corrected chi connectivity index (χ2v) is 7.32. The summed E-state index contributed by atoms with van der Waals surface area (Å²) in [5.41, 5.74) is 1.39. The average Bonchev–Trinajstić information content (AvgIpc) is 2.54. The number of ether oxygens (including phenoxy) is 1. The van der Waals surface area contributed by atoms with Gasteiger partial charge in [-0.15, -0.1) is 0 Å². The summed E-state index contributed by atoms with van der Waals surface area (Å²) in [5.74, 6) is -0.671. The molecule has 0 bridgehead atoms. The number of aryl methyl sites for hydroxylation is 1. The second kappa shape index (κ2) is 7.79. The van der Waals surface area contributed by atoms with Crippen molar-refractivity contribution < 1.29 is 17.9 Å². The van der Waals surface area contributed by atoms with Crippen molar-refractivity contribution >= 4 is 27.6 Å². The molecule has 2 aromatic carbocycles. The van der Waals surface area contributed by atoms with Crippen LogP contribution >= 0.6 is 11.6 Å². The summed E-state index contributed by atoms with van der Waals surface area (Å²) in [6.45, 7) is 3.67. The van der Waals surface area contributed by atoms with Crippen molar-refractivity contribution in [1.82, 2.24) is 4.72 Å². The van der Waals surface area contributed by atoms with Crippen molar-refractivity contribution in [2.45, 2.75) is 24.8 Å². The minimum Gasteiger partial charge on any atom is -0.465 e. The maximum atomic E-state index is 12.6. The van der Waals surface area contributed by atoms with Crippen molar-refractivity contribution in [2.75, 3.05) is 6.61 Å². The first kappa shape index (κ1) is 18.4. The number of hydrogen-bond donors (Lipinski definition) is 1. The summed E-state index contributed by atoms with van der Waals surface area (Å²) in [4.78, 5) is 12.3. The predicted molar refractivity (Wildman–Crippen MR) is 92.3 cm³/mol. The summed E-state index contributed by atoms with van der Waals surface area (Å²) < 4.78 is 32.5. The van der Waals surface area contributed by atoms with E-state index in [-0.39, 0.29) is 11.5 Å². The lowest BCUT2D eigenvalue weighted by atomic mass is 10.1. The van der Waals surface area contributed by atoms with Gasteiger partial charge < -0.3 is 4.74 Å². The molecule has 0 aliphatic rings. The van der Waals surface area contributed by atoms with Gasteiger partial charge in [-0.25, -0.2) is 13.2 Å². The van der Waals surface area contributed by atoms with Gasteiger partial charge in [0, 0.05) is 5.02 Å². The normalized spacial score (nSPS) is 12.6. The van der Waals surface area contributed by atoms with Gasteiger partial charge in [-0.2, -0.15) is 4.72 Å². The fraction of sp³-hybridized carbons (Fsp3) is 0.235. The van der Waals surface area contributed by atoms with E-state index in [1.54, 1.807) is 43.3 Å². The zero-order valence-corrected chi connectivity index (χ0v) is 14.9. The van der Waals surface area contributed by atoms with E-state index in [0.29, 0.717) is 10.6 Å². The highest BCUT2D eigenvalue weighted by atomic mass is 35.5. The summed E-state index contributed by atoms with van der Waals surface area (Å²) in [6.07, 6.45) is 0. The van der Waals surface area contributed by atoms with Crippen LogP contribution in [0.3, 0.4) is 0 Å². The van der Waals surface area contributed by atoms with Gasteiger partial charge in [0.05, 0.1) is 11.5 Å². The number of carbonyl (C=O) groups excluding carboxylic acids is 1. The van der Waals surface area contributed by atoms with Gasteiger partial charge in [0.1, 0.15) is 6.04 Å². The number of sulfonamides is 1. The van der Waals surface area contributed by atoms with Crippen LogP contribution in [0.1, 0.15) is 24.1 Å². The minimum atomic E-state index is -3.88. The number of nitrogens with one attached hydrogen (secondary N) is 1. The first-order valence-electron chi connectivity index (χ1n) is 7.34. The minimum absolute atomic E-state index is 0.0800. The number of esters is 1. The van der Waals surface area contributed by atoms with Crippen molar-refractivity contribution in [2.24, 2.45) is 0 Å². The Labute approximate surface area is 146 Å². The summed E-state index contributed by atoms with van der Waals surface area (Å²) in [6, 6.07) is 11.6. The van der Waals surface area contributed by atoms with E-state index in [1.807, 2.05) is 6.92 Å². The Morgan fingerprint density at radius 3 is 2.25 bits per heavy atom. The van der Waals surface area contributed by atoms with E-state index < -0.39 is 22.0 Å². The van der Waals surface area contributed by atoms with Gasteiger partial charge in [-0.3, -0.25) is 0 Å². The van der Waals surface area contributed by atoms with Crippen molar-refractivity contribution in [1.29, 1.82) is 0 Å². The quantitative estimate of drug-likeness (QED) is 0.795. The highest BCUT2D eigenvalue weighted by Gasteiger charge is 2.28. The first-order chi connectivity index (χ1) is 11.3. The smallest absolute Gasteiger partial charge is 0.328 e. The molecule has 2 rings (SSSR count). The van der Waals surface area contributed by atoms with Gasteiger partial charge in [0.25, 0.3) is 0 Å². The molecular weight excluding hydrogens is 350 g/mol. The molecule has 2 aromatic rings. The molecule has 0 amide bonds. The first-order valence-corrected chi connectivity index (χ1v) is 9.20. The Bertz CT molecular complexity index is 801. The summed E-state index contributed by atoms with van der Waals surface area (Å²) in [5, 5.41) is 0.489. The van der Waals surface area contributed by atoms with Gasteiger partial charge >= 0.3 is 5.97 Å². The third kappa shape index (κ3) is 4.56. The zero-order valence-electron chi connectivity index (χ0n) is 13.3. The van der Waals surface area contributed by atoms with E-state index in [2.05, 4.69) is 4.72 Å². The number of carbonyl (C=O) groups is 1. The van der Waals surface area contributed by atoms with Crippen LogP contribution in [0.25, 0.3) is 0 Å². The SMILES string of the molecule is CCOC(=O)[C@H](NS(=O)(=O)c1ccc(C)cc1)c1ccc(Cl)cc1. The molecule has 128 valence electrons. The molecule has 0 aromatic heterocycles. The van der Waals surface area contributed by atoms with Crippen LogP contribution in [-0.4, -0.2) is 21.0 Å². The molecule has 0 fully saturated rings. The molecule has 0 aliphatic carbocycles. The van der Waals surface area contributed by atoms with E-state index in [0.717, 1.165) is 5.56 Å². The standard InChI is InChI=1S/C17H18ClNO4S/c1-3-23-17(20)16(13-6-8-14(18)9-7-13)19-24(21,22)15-10-4-12(2)5-11-15/h4-11,16,19H,3H2,1-2H3/t16-/m1/s1. The van der Waals surface area contributed by atoms with E-state index in [9.17, 15) is 13.2 Å². The van der Waals surface area contributed by atoms with Gasteiger partial charge in [0.15, 0.2) is 0 Å². The maximum Gasteiger partial charge on any atom is 0.328 e. The maximum absolute atomic E-state index is 12.6. The van der Waals surface area contributed by atoms with Gasteiger partial charge in [-0.1, -0.05) is 41.4 Å².